The number of nitrogens with zero attached hydrogens (tertiary/aromatic N) is 2. The van der Waals surface area contributed by atoms with Gasteiger partial charge in [-0.25, -0.2) is 0 Å². The molecule has 2 amide bonds. The standard InChI is InChI=1S/C28H31N3O3/c1-34-25-18-9-8-14-22(25)20-31(28(33)24-17-10-11-19-29-24)26(21-12-4-2-5-13-21)27(32)30-23-15-6-3-7-16-23/h2,4-5,8-14,17-19,23,26H,3,6-7,15-16,20H2,1H3,(H,30,32)/t26-/m1/s1. The van der Waals surface area contributed by atoms with Crippen molar-refractivity contribution in [2.75, 3.05) is 7.11 Å². The van der Waals surface area contributed by atoms with Gasteiger partial charge in [0.05, 0.1) is 13.7 Å². The summed E-state index contributed by atoms with van der Waals surface area (Å²) >= 11 is 0. The number of aromatic nitrogens is 1. The Balaban J connectivity index is 1.74. The maximum absolute atomic E-state index is 13.8. The highest BCUT2D eigenvalue weighted by Gasteiger charge is 2.34. The van der Waals surface area contributed by atoms with Gasteiger partial charge >= 0.3 is 0 Å². The van der Waals surface area contributed by atoms with Gasteiger partial charge in [-0.1, -0.05) is 73.9 Å². The highest BCUT2D eigenvalue weighted by molar-refractivity contribution is 5.96. The van der Waals surface area contributed by atoms with Gasteiger partial charge in [0.1, 0.15) is 17.5 Å². The fourth-order valence-corrected chi connectivity index (χ4v) is 4.57. The van der Waals surface area contributed by atoms with Crippen molar-refractivity contribution in [3.63, 3.8) is 0 Å². The van der Waals surface area contributed by atoms with Gasteiger partial charge in [-0.15, -0.1) is 0 Å². The minimum Gasteiger partial charge on any atom is -0.496 e. The zero-order valence-corrected chi connectivity index (χ0v) is 19.5. The van der Waals surface area contributed by atoms with Gasteiger partial charge in [0.25, 0.3) is 5.91 Å². The van der Waals surface area contributed by atoms with Gasteiger partial charge in [0, 0.05) is 17.8 Å². The molecule has 1 aromatic heterocycles. The summed E-state index contributed by atoms with van der Waals surface area (Å²) in [6.45, 7) is 0.205. The smallest absolute Gasteiger partial charge is 0.273 e. The first-order chi connectivity index (χ1) is 16.7. The van der Waals surface area contributed by atoms with Crippen LogP contribution in [0.15, 0.2) is 79.0 Å². The highest BCUT2D eigenvalue weighted by atomic mass is 16.5. The van der Waals surface area contributed by atoms with Gasteiger partial charge < -0.3 is 15.0 Å². The number of amides is 2. The Morgan fingerprint density at radius 3 is 2.38 bits per heavy atom. The molecule has 6 heteroatoms. The van der Waals surface area contributed by atoms with Gasteiger partial charge in [-0.3, -0.25) is 14.6 Å². The second-order valence-electron chi connectivity index (χ2n) is 8.62. The Labute approximate surface area is 201 Å². The molecule has 1 fully saturated rings. The number of carbonyl (C=O) groups excluding carboxylic acids is 2. The number of pyridine rings is 1. The summed E-state index contributed by atoms with van der Waals surface area (Å²) in [4.78, 5) is 33.5. The van der Waals surface area contributed by atoms with Crippen molar-refractivity contribution in [1.29, 1.82) is 0 Å². The minimum absolute atomic E-state index is 0.130. The largest absolute Gasteiger partial charge is 0.496 e. The molecule has 1 atom stereocenters. The van der Waals surface area contributed by atoms with Crippen molar-refractivity contribution in [2.24, 2.45) is 0 Å². The van der Waals surface area contributed by atoms with Gasteiger partial charge in [0.2, 0.25) is 5.91 Å². The van der Waals surface area contributed by atoms with Crippen LogP contribution in [0.1, 0.15) is 59.8 Å². The Bertz CT molecular complexity index is 1080. The van der Waals surface area contributed by atoms with Crippen molar-refractivity contribution in [3.05, 3.63) is 95.8 Å². The van der Waals surface area contributed by atoms with Crippen LogP contribution < -0.4 is 10.1 Å². The van der Waals surface area contributed by atoms with Crippen LogP contribution in [0.5, 0.6) is 5.75 Å². The Hall–Kier alpha value is -3.67. The van der Waals surface area contributed by atoms with Crippen LogP contribution >= 0.6 is 0 Å². The van der Waals surface area contributed by atoms with Gasteiger partial charge in [0.15, 0.2) is 0 Å². The number of carbonyl (C=O) groups is 2. The van der Waals surface area contributed by atoms with Crippen molar-refractivity contribution < 1.29 is 14.3 Å². The lowest BCUT2D eigenvalue weighted by atomic mass is 9.94. The number of benzene rings is 2. The normalized spacial score (nSPS) is 14.7. The van der Waals surface area contributed by atoms with E-state index >= 15 is 0 Å². The first-order valence-electron chi connectivity index (χ1n) is 11.9. The van der Waals surface area contributed by atoms with E-state index in [4.69, 9.17) is 4.74 Å². The summed E-state index contributed by atoms with van der Waals surface area (Å²) in [7, 11) is 1.61. The minimum atomic E-state index is -0.803. The van der Waals surface area contributed by atoms with Crippen LogP contribution in [0.25, 0.3) is 0 Å². The third kappa shape index (κ3) is 5.63. The Morgan fingerprint density at radius 1 is 0.971 bits per heavy atom. The molecule has 0 radical (unpaired) electrons. The molecule has 1 N–H and O–H groups in total. The number of methoxy groups -OCH3 is 1. The summed E-state index contributed by atoms with van der Waals surface area (Å²) in [5.74, 6) is 0.192. The second kappa shape index (κ2) is 11.5. The molecule has 0 bridgehead atoms. The zero-order valence-electron chi connectivity index (χ0n) is 19.5. The van der Waals surface area contributed by atoms with E-state index in [1.54, 1.807) is 36.4 Å². The lowest BCUT2D eigenvalue weighted by Gasteiger charge is -2.33. The lowest BCUT2D eigenvalue weighted by Crippen LogP contribution is -2.47. The molecular formula is C28H31N3O3. The molecule has 0 saturated heterocycles. The molecule has 1 heterocycles. The maximum Gasteiger partial charge on any atom is 0.273 e. The third-order valence-corrected chi connectivity index (χ3v) is 6.30. The molecule has 34 heavy (non-hydrogen) atoms. The van der Waals surface area contributed by atoms with Crippen molar-refractivity contribution >= 4 is 11.8 Å². The van der Waals surface area contributed by atoms with Crippen LogP contribution in [-0.4, -0.2) is 34.8 Å². The van der Waals surface area contributed by atoms with Crippen LogP contribution in [0.4, 0.5) is 0 Å². The van der Waals surface area contributed by atoms with E-state index in [9.17, 15) is 9.59 Å². The summed E-state index contributed by atoms with van der Waals surface area (Å²) in [5, 5.41) is 3.23. The lowest BCUT2D eigenvalue weighted by molar-refractivity contribution is -0.127. The molecule has 4 rings (SSSR count). The molecule has 0 spiro atoms. The fraction of sp³-hybridized carbons (Fsp3) is 0.321. The first-order valence-corrected chi connectivity index (χ1v) is 11.9. The van der Waals surface area contributed by atoms with Crippen LogP contribution in [0.3, 0.4) is 0 Å². The molecule has 1 aliphatic carbocycles. The summed E-state index contributed by atoms with van der Waals surface area (Å²) in [5.41, 5.74) is 1.87. The molecule has 2 aromatic carbocycles. The second-order valence-corrected chi connectivity index (χ2v) is 8.62. The molecule has 0 unspecified atom stereocenters. The predicted molar refractivity (Wildman–Crippen MR) is 131 cm³/mol. The third-order valence-electron chi connectivity index (χ3n) is 6.30. The maximum atomic E-state index is 13.8. The van der Waals surface area contributed by atoms with Crippen molar-refractivity contribution in [3.8, 4) is 5.75 Å². The zero-order chi connectivity index (χ0) is 23.8. The highest BCUT2D eigenvalue weighted by Crippen LogP contribution is 2.29. The summed E-state index contributed by atoms with van der Waals surface area (Å²) in [6.07, 6.45) is 6.94. The van der Waals surface area contributed by atoms with Crippen LogP contribution in [0, 0.1) is 0 Å². The van der Waals surface area contributed by atoms with E-state index in [-0.39, 0.29) is 24.4 Å². The van der Waals surface area contributed by atoms with E-state index in [0.717, 1.165) is 36.8 Å². The molecule has 6 nitrogen and oxygen atoms in total. The molecule has 0 aliphatic heterocycles. The number of hydrogen-bond donors (Lipinski definition) is 1. The number of ether oxygens (including phenoxy) is 1. The SMILES string of the molecule is COc1ccccc1CN(C(=O)c1ccccn1)[C@@H](C(=O)NC1CCCCC1)c1ccccc1. The topological polar surface area (TPSA) is 71.5 Å². The Morgan fingerprint density at radius 2 is 1.68 bits per heavy atom. The van der Waals surface area contributed by atoms with Crippen LogP contribution in [0.2, 0.25) is 0 Å². The average Bonchev–Trinajstić information content (AvgIpc) is 2.90. The first kappa shape index (κ1) is 23.5. The average molecular weight is 458 g/mol. The molecule has 176 valence electrons. The van der Waals surface area contributed by atoms with E-state index in [1.165, 1.54) is 6.42 Å². The quantitative estimate of drug-likeness (QED) is 0.521. The molecule has 1 aliphatic rings. The van der Waals surface area contributed by atoms with E-state index in [2.05, 4.69) is 10.3 Å². The van der Waals surface area contributed by atoms with E-state index in [0.29, 0.717) is 11.4 Å². The summed E-state index contributed by atoms with van der Waals surface area (Å²) < 4.78 is 5.54. The molecule has 1 saturated carbocycles. The predicted octanol–water partition coefficient (Wildman–Crippen LogP) is 4.92. The summed E-state index contributed by atoms with van der Waals surface area (Å²) in [6, 6.07) is 21.6. The number of para-hydroxylation sites is 1. The molecule has 3 aromatic rings. The number of nitrogens with one attached hydrogen (secondary N) is 1. The van der Waals surface area contributed by atoms with Crippen molar-refractivity contribution in [1.82, 2.24) is 15.2 Å². The molecular weight excluding hydrogens is 426 g/mol. The fourth-order valence-electron chi connectivity index (χ4n) is 4.57. The van der Waals surface area contributed by atoms with Crippen molar-refractivity contribution in [2.45, 2.75) is 50.7 Å². The van der Waals surface area contributed by atoms with E-state index < -0.39 is 6.04 Å². The van der Waals surface area contributed by atoms with Crippen LogP contribution in [-0.2, 0) is 11.3 Å². The van der Waals surface area contributed by atoms with E-state index in [1.807, 2.05) is 54.6 Å². The number of hydrogen-bond acceptors (Lipinski definition) is 4. The Kier molecular flexibility index (Phi) is 7.91. The monoisotopic (exact) mass is 457 g/mol. The number of rotatable bonds is 8. The van der Waals surface area contributed by atoms with Gasteiger partial charge in [-0.2, -0.15) is 0 Å². The van der Waals surface area contributed by atoms with Gasteiger partial charge in [-0.05, 0) is 36.6 Å².